The Bertz CT molecular complexity index is 763. The Morgan fingerprint density at radius 1 is 1.24 bits per heavy atom. The number of nitrogens with one attached hydrogen (secondary N) is 1. The SMILES string of the molecule is CNCCN(C)C(=O)c1ccc(Sc2ccc(C)cc2)c([N+](=O)[O-])c1. The normalized spacial score (nSPS) is 10.5. The van der Waals surface area contributed by atoms with Crippen LogP contribution in [-0.4, -0.2) is 42.9 Å². The molecule has 0 saturated carbocycles. The first-order valence-electron chi connectivity index (χ1n) is 7.85. The maximum Gasteiger partial charge on any atom is 0.284 e. The molecule has 1 amide bonds. The maximum atomic E-state index is 12.4. The number of benzene rings is 2. The number of carbonyl (C=O) groups is 1. The second-order valence-corrected chi connectivity index (χ2v) is 6.80. The number of amides is 1. The molecule has 0 bridgehead atoms. The molecule has 2 rings (SSSR count). The van der Waals surface area contributed by atoms with Gasteiger partial charge in [-0.15, -0.1) is 0 Å². The van der Waals surface area contributed by atoms with Crippen molar-refractivity contribution in [2.75, 3.05) is 27.2 Å². The quantitative estimate of drug-likeness (QED) is 0.606. The highest BCUT2D eigenvalue weighted by atomic mass is 32.2. The van der Waals surface area contributed by atoms with Gasteiger partial charge in [0.25, 0.3) is 11.6 Å². The number of rotatable bonds is 7. The van der Waals surface area contributed by atoms with Gasteiger partial charge in [-0.25, -0.2) is 0 Å². The van der Waals surface area contributed by atoms with Crippen molar-refractivity contribution in [1.82, 2.24) is 10.2 Å². The van der Waals surface area contributed by atoms with Gasteiger partial charge in [-0.05, 0) is 38.2 Å². The molecule has 0 radical (unpaired) electrons. The number of hydrogen-bond donors (Lipinski definition) is 1. The van der Waals surface area contributed by atoms with E-state index in [1.165, 1.54) is 17.8 Å². The Hall–Kier alpha value is -2.38. The Kier molecular flexibility index (Phi) is 6.55. The van der Waals surface area contributed by atoms with Crippen LogP contribution < -0.4 is 5.32 Å². The van der Waals surface area contributed by atoms with E-state index in [-0.39, 0.29) is 11.6 Å². The number of hydrogen-bond acceptors (Lipinski definition) is 5. The smallest absolute Gasteiger partial charge is 0.284 e. The van der Waals surface area contributed by atoms with Gasteiger partial charge in [0.15, 0.2) is 0 Å². The van der Waals surface area contributed by atoms with Gasteiger partial charge in [-0.2, -0.15) is 0 Å². The molecule has 2 aromatic carbocycles. The molecule has 7 heteroatoms. The van der Waals surface area contributed by atoms with Crippen molar-refractivity contribution in [1.29, 1.82) is 0 Å². The van der Waals surface area contributed by atoms with Crippen molar-refractivity contribution in [3.05, 3.63) is 63.7 Å². The topological polar surface area (TPSA) is 75.5 Å². The first kappa shape index (κ1) is 19.0. The molecule has 0 spiro atoms. The molecule has 0 saturated heterocycles. The lowest BCUT2D eigenvalue weighted by atomic mass is 10.2. The highest BCUT2D eigenvalue weighted by molar-refractivity contribution is 7.99. The van der Waals surface area contributed by atoms with Crippen molar-refractivity contribution >= 4 is 23.4 Å². The minimum atomic E-state index is -0.444. The third kappa shape index (κ3) is 5.04. The zero-order chi connectivity index (χ0) is 18.4. The van der Waals surface area contributed by atoms with Crippen LogP contribution in [0.3, 0.4) is 0 Å². The van der Waals surface area contributed by atoms with Crippen molar-refractivity contribution < 1.29 is 9.72 Å². The van der Waals surface area contributed by atoms with Crippen LogP contribution in [0, 0.1) is 17.0 Å². The average Bonchev–Trinajstić information content (AvgIpc) is 2.61. The Balaban J connectivity index is 2.26. The fourth-order valence-corrected chi connectivity index (χ4v) is 3.11. The van der Waals surface area contributed by atoms with Gasteiger partial charge in [0.2, 0.25) is 0 Å². The molecule has 1 N–H and O–H groups in total. The van der Waals surface area contributed by atoms with E-state index in [0.717, 1.165) is 10.5 Å². The summed E-state index contributed by atoms with van der Waals surface area (Å²) in [6, 6.07) is 12.4. The maximum absolute atomic E-state index is 12.4. The lowest BCUT2D eigenvalue weighted by Crippen LogP contribution is -2.32. The van der Waals surface area contributed by atoms with E-state index in [0.29, 0.717) is 23.5 Å². The molecule has 0 aromatic heterocycles. The van der Waals surface area contributed by atoms with Gasteiger partial charge < -0.3 is 10.2 Å². The van der Waals surface area contributed by atoms with Crippen LogP contribution in [-0.2, 0) is 0 Å². The van der Waals surface area contributed by atoms with Crippen LogP contribution >= 0.6 is 11.8 Å². The predicted molar refractivity (Wildman–Crippen MR) is 99.3 cm³/mol. The summed E-state index contributed by atoms with van der Waals surface area (Å²) in [6.07, 6.45) is 0. The van der Waals surface area contributed by atoms with Gasteiger partial charge in [0.1, 0.15) is 0 Å². The van der Waals surface area contributed by atoms with E-state index in [1.807, 2.05) is 31.2 Å². The number of nitro benzene ring substituents is 1. The molecule has 0 aliphatic carbocycles. The van der Waals surface area contributed by atoms with Gasteiger partial charge in [-0.3, -0.25) is 14.9 Å². The molecule has 0 aliphatic rings. The standard InChI is InChI=1S/C18H21N3O3S/c1-13-4-7-15(8-5-13)25-17-9-6-14(12-16(17)21(23)24)18(22)20(3)11-10-19-2/h4-9,12,19H,10-11H2,1-3H3. The Morgan fingerprint density at radius 2 is 1.92 bits per heavy atom. The van der Waals surface area contributed by atoms with Crippen molar-refractivity contribution in [2.45, 2.75) is 16.7 Å². The Morgan fingerprint density at radius 3 is 2.52 bits per heavy atom. The van der Waals surface area contributed by atoms with E-state index < -0.39 is 4.92 Å². The molecule has 2 aromatic rings. The van der Waals surface area contributed by atoms with Crippen LogP contribution in [0.1, 0.15) is 15.9 Å². The van der Waals surface area contributed by atoms with Gasteiger partial charge in [0.05, 0.1) is 9.82 Å². The van der Waals surface area contributed by atoms with Crippen LogP contribution in [0.5, 0.6) is 0 Å². The number of aryl methyl sites for hydroxylation is 1. The van der Waals surface area contributed by atoms with Crippen LogP contribution in [0.15, 0.2) is 52.3 Å². The summed E-state index contributed by atoms with van der Waals surface area (Å²) in [7, 11) is 3.49. The fraction of sp³-hybridized carbons (Fsp3) is 0.278. The Labute approximate surface area is 151 Å². The largest absolute Gasteiger partial charge is 0.340 e. The molecular weight excluding hydrogens is 338 g/mol. The highest BCUT2D eigenvalue weighted by Gasteiger charge is 2.20. The van der Waals surface area contributed by atoms with E-state index in [1.54, 1.807) is 31.1 Å². The van der Waals surface area contributed by atoms with Crippen LogP contribution in [0.2, 0.25) is 0 Å². The summed E-state index contributed by atoms with van der Waals surface area (Å²) in [4.78, 5) is 26.4. The summed E-state index contributed by atoms with van der Waals surface area (Å²) >= 11 is 1.32. The number of likely N-dealkylation sites (N-methyl/N-ethyl adjacent to an activating group) is 2. The molecule has 132 valence electrons. The zero-order valence-corrected chi connectivity index (χ0v) is 15.3. The molecule has 0 unspecified atom stereocenters. The summed E-state index contributed by atoms with van der Waals surface area (Å²) in [6.45, 7) is 3.18. The monoisotopic (exact) mass is 359 g/mol. The summed E-state index contributed by atoms with van der Waals surface area (Å²) in [5.41, 5.74) is 1.39. The van der Waals surface area contributed by atoms with Crippen molar-refractivity contribution in [3.63, 3.8) is 0 Å². The highest BCUT2D eigenvalue weighted by Crippen LogP contribution is 2.35. The number of nitro groups is 1. The molecule has 0 atom stereocenters. The van der Waals surface area contributed by atoms with Crippen LogP contribution in [0.25, 0.3) is 0 Å². The lowest BCUT2D eigenvalue weighted by Gasteiger charge is -2.17. The predicted octanol–water partition coefficient (Wildman–Crippen LogP) is 3.35. The first-order chi connectivity index (χ1) is 11.9. The zero-order valence-electron chi connectivity index (χ0n) is 14.5. The third-order valence-corrected chi connectivity index (χ3v) is 4.77. The van der Waals surface area contributed by atoms with Gasteiger partial charge in [0, 0.05) is 36.7 Å². The fourth-order valence-electron chi connectivity index (χ4n) is 2.21. The molecule has 25 heavy (non-hydrogen) atoms. The average molecular weight is 359 g/mol. The lowest BCUT2D eigenvalue weighted by molar-refractivity contribution is -0.387. The van der Waals surface area contributed by atoms with E-state index >= 15 is 0 Å². The molecule has 0 fully saturated rings. The molecule has 0 aliphatic heterocycles. The summed E-state index contributed by atoms with van der Waals surface area (Å²) < 4.78 is 0. The van der Waals surface area contributed by atoms with E-state index in [9.17, 15) is 14.9 Å². The molecule has 0 heterocycles. The number of carbonyl (C=O) groups excluding carboxylic acids is 1. The minimum absolute atomic E-state index is 0.0570. The van der Waals surface area contributed by atoms with Crippen molar-refractivity contribution in [2.24, 2.45) is 0 Å². The summed E-state index contributed by atoms with van der Waals surface area (Å²) in [5, 5.41) is 14.4. The third-order valence-electron chi connectivity index (χ3n) is 3.70. The van der Waals surface area contributed by atoms with E-state index in [4.69, 9.17) is 0 Å². The molecular formula is C18H21N3O3S. The van der Waals surface area contributed by atoms with Crippen molar-refractivity contribution in [3.8, 4) is 0 Å². The van der Waals surface area contributed by atoms with Gasteiger partial charge >= 0.3 is 0 Å². The molecule has 6 nitrogen and oxygen atoms in total. The second kappa shape index (κ2) is 8.64. The van der Waals surface area contributed by atoms with Gasteiger partial charge in [-0.1, -0.05) is 29.5 Å². The van der Waals surface area contributed by atoms with E-state index in [2.05, 4.69) is 5.32 Å². The first-order valence-corrected chi connectivity index (χ1v) is 8.67. The summed E-state index contributed by atoms with van der Waals surface area (Å²) in [5.74, 6) is -0.231. The number of nitrogens with zero attached hydrogens (tertiary/aromatic N) is 2. The van der Waals surface area contributed by atoms with Crippen LogP contribution in [0.4, 0.5) is 5.69 Å². The second-order valence-electron chi connectivity index (χ2n) is 5.68. The minimum Gasteiger partial charge on any atom is -0.340 e.